The number of benzene rings is 2. The predicted octanol–water partition coefficient (Wildman–Crippen LogP) is 5.35. The van der Waals surface area contributed by atoms with Crippen molar-refractivity contribution in [3.8, 4) is 11.5 Å². The van der Waals surface area contributed by atoms with E-state index in [9.17, 15) is 0 Å². The van der Waals surface area contributed by atoms with Crippen molar-refractivity contribution in [2.24, 2.45) is 0 Å². The molecule has 0 saturated heterocycles. The van der Waals surface area contributed by atoms with E-state index in [0.717, 1.165) is 17.9 Å². The van der Waals surface area contributed by atoms with Crippen molar-refractivity contribution >= 4 is 0 Å². The second-order valence-corrected chi connectivity index (χ2v) is 3.87. The molecule has 0 radical (unpaired) electrons. The minimum absolute atomic E-state index is 0.892. The Morgan fingerprint density at radius 1 is 0.571 bits per heavy atom. The summed E-state index contributed by atoms with van der Waals surface area (Å²) in [6, 6.07) is 16.3. The topological polar surface area (TPSA) is 18.5 Å². The standard InChI is InChI=1S/C15H16O2.2C2H6/c1-16-14-7-3-12(4-8-14)11-13-5-9-15(17-2)10-6-13;2*1-2/h3-10H,11H2,1-2H3;2*1-2H3. The number of ether oxygens (including phenoxy) is 2. The first-order valence-corrected chi connectivity index (χ1v) is 7.57. The summed E-state index contributed by atoms with van der Waals surface area (Å²) in [6.45, 7) is 8.00. The quantitative estimate of drug-likeness (QED) is 0.755. The third-order valence-corrected chi connectivity index (χ3v) is 2.73. The van der Waals surface area contributed by atoms with E-state index in [1.807, 2.05) is 52.0 Å². The average Bonchev–Trinajstić information content (AvgIpc) is 2.60. The summed E-state index contributed by atoms with van der Waals surface area (Å²) in [6.07, 6.45) is 0.925. The molecule has 0 atom stereocenters. The molecule has 0 bridgehead atoms. The third kappa shape index (κ3) is 6.84. The van der Waals surface area contributed by atoms with Gasteiger partial charge in [-0.15, -0.1) is 0 Å². The average molecular weight is 288 g/mol. The van der Waals surface area contributed by atoms with Crippen LogP contribution < -0.4 is 9.47 Å². The molecule has 2 aromatic carbocycles. The molecule has 0 aliphatic heterocycles. The fourth-order valence-corrected chi connectivity index (χ4v) is 1.72. The third-order valence-electron chi connectivity index (χ3n) is 2.73. The van der Waals surface area contributed by atoms with Gasteiger partial charge in [-0.05, 0) is 41.8 Å². The first kappa shape index (κ1) is 19.0. The Hall–Kier alpha value is -1.96. The maximum absolute atomic E-state index is 5.13. The van der Waals surface area contributed by atoms with Gasteiger partial charge in [0.2, 0.25) is 0 Å². The zero-order valence-electron chi connectivity index (χ0n) is 14.1. The van der Waals surface area contributed by atoms with Crippen molar-refractivity contribution in [3.05, 3.63) is 59.7 Å². The maximum Gasteiger partial charge on any atom is 0.118 e. The van der Waals surface area contributed by atoms with Crippen molar-refractivity contribution in [1.29, 1.82) is 0 Å². The lowest BCUT2D eigenvalue weighted by molar-refractivity contribution is 0.414. The Morgan fingerprint density at radius 2 is 0.857 bits per heavy atom. The van der Waals surface area contributed by atoms with E-state index in [4.69, 9.17) is 9.47 Å². The van der Waals surface area contributed by atoms with Gasteiger partial charge in [0.1, 0.15) is 11.5 Å². The first-order chi connectivity index (χ1) is 10.3. The highest BCUT2D eigenvalue weighted by atomic mass is 16.5. The summed E-state index contributed by atoms with van der Waals surface area (Å²) in [4.78, 5) is 0. The lowest BCUT2D eigenvalue weighted by Gasteiger charge is -2.05. The van der Waals surface area contributed by atoms with Gasteiger partial charge >= 0.3 is 0 Å². The number of methoxy groups -OCH3 is 2. The summed E-state index contributed by atoms with van der Waals surface area (Å²) in [5.41, 5.74) is 2.55. The van der Waals surface area contributed by atoms with Gasteiger partial charge < -0.3 is 9.47 Å². The SMILES string of the molecule is CC.CC.COc1ccc(Cc2ccc(OC)cc2)cc1. The molecule has 0 unspecified atom stereocenters. The van der Waals surface area contributed by atoms with Crippen LogP contribution in [0.25, 0.3) is 0 Å². The molecular weight excluding hydrogens is 260 g/mol. The molecule has 0 amide bonds. The van der Waals surface area contributed by atoms with Crippen molar-refractivity contribution < 1.29 is 9.47 Å². The molecule has 0 N–H and O–H groups in total. The summed E-state index contributed by atoms with van der Waals surface area (Å²) in [5, 5.41) is 0. The fraction of sp³-hybridized carbons (Fsp3) is 0.368. The minimum atomic E-state index is 0.892. The zero-order valence-corrected chi connectivity index (χ0v) is 14.1. The first-order valence-electron chi connectivity index (χ1n) is 7.57. The van der Waals surface area contributed by atoms with Crippen LogP contribution in [0.4, 0.5) is 0 Å². The van der Waals surface area contributed by atoms with E-state index >= 15 is 0 Å². The highest BCUT2D eigenvalue weighted by Gasteiger charge is 1.98. The summed E-state index contributed by atoms with van der Waals surface area (Å²) in [5.74, 6) is 1.78. The van der Waals surface area contributed by atoms with Gasteiger partial charge in [0.25, 0.3) is 0 Å². The van der Waals surface area contributed by atoms with E-state index in [1.165, 1.54) is 11.1 Å². The lowest BCUT2D eigenvalue weighted by atomic mass is 10.0. The Labute approximate surface area is 129 Å². The Morgan fingerprint density at radius 3 is 1.10 bits per heavy atom. The van der Waals surface area contributed by atoms with Gasteiger partial charge in [0.15, 0.2) is 0 Å². The van der Waals surface area contributed by atoms with Crippen LogP contribution in [0.3, 0.4) is 0 Å². The molecule has 21 heavy (non-hydrogen) atoms. The second-order valence-electron chi connectivity index (χ2n) is 3.87. The van der Waals surface area contributed by atoms with Crippen LogP contribution in [0.5, 0.6) is 11.5 Å². The molecule has 2 heteroatoms. The molecule has 116 valence electrons. The van der Waals surface area contributed by atoms with Gasteiger partial charge in [0, 0.05) is 0 Å². The van der Waals surface area contributed by atoms with Gasteiger partial charge in [0.05, 0.1) is 14.2 Å². The highest BCUT2D eigenvalue weighted by Crippen LogP contribution is 2.17. The normalized spacial score (nSPS) is 8.67. The van der Waals surface area contributed by atoms with Crippen LogP contribution in [-0.2, 0) is 6.42 Å². The number of hydrogen-bond acceptors (Lipinski definition) is 2. The Balaban J connectivity index is 0.000000921. The van der Waals surface area contributed by atoms with Crippen LogP contribution in [-0.4, -0.2) is 14.2 Å². The van der Waals surface area contributed by atoms with Crippen LogP contribution in [0.1, 0.15) is 38.8 Å². The molecule has 2 rings (SSSR count). The highest BCUT2D eigenvalue weighted by molar-refractivity contribution is 5.33. The van der Waals surface area contributed by atoms with E-state index in [1.54, 1.807) is 14.2 Å². The summed E-state index contributed by atoms with van der Waals surface area (Å²) < 4.78 is 10.3. The van der Waals surface area contributed by atoms with E-state index in [-0.39, 0.29) is 0 Å². The number of rotatable bonds is 4. The monoisotopic (exact) mass is 288 g/mol. The Kier molecular flexibility index (Phi) is 10.7. The van der Waals surface area contributed by atoms with Gasteiger partial charge in [-0.1, -0.05) is 52.0 Å². The van der Waals surface area contributed by atoms with Crippen LogP contribution >= 0.6 is 0 Å². The second kappa shape index (κ2) is 11.8. The van der Waals surface area contributed by atoms with Crippen molar-refractivity contribution in [2.45, 2.75) is 34.1 Å². The van der Waals surface area contributed by atoms with Crippen molar-refractivity contribution in [2.75, 3.05) is 14.2 Å². The fourth-order valence-electron chi connectivity index (χ4n) is 1.72. The van der Waals surface area contributed by atoms with Crippen molar-refractivity contribution in [3.63, 3.8) is 0 Å². The molecule has 0 spiro atoms. The Bertz CT molecular complexity index is 412. The lowest BCUT2D eigenvalue weighted by Crippen LogP contribution is -1.89. The van der Waals surface area contributed by atoms with Gasteiger partial charge in [-0.2, -0.15) is 0 Å². The van der Waals surface area contributed by atoms with Gasteiger partial charge in [-0.25, -0.2) is 0 Å². The smallest absolute Gasteiger partial charge is 0.118 e. The summed E-state index contributed by atoms with van der Waals surface area (Å²) >= 11 is 0. The minimum Gasteiger partial charge on any atom is -0.497 e. The molecule has 0 aromatic heterocycles. The molecule has 0 heterocycles. The van der Waals surface area contributed by atoms with Gasteiger partial charge in [-0.3, -0.25) is 0 Å². The predicted molar refractivity (Wildman–Crippen MR) is 91.5 cm³/mol. The molecule has 2 aromatic rings. The van der Waals surface area contributed by atoms with Crippen LogP contribution in [0.2, 0.25) is 0 Å². The maximum atomic E-state index is 5.13. The zero-order chi connectivity index (χ0) is 16.1. The molecule has 0 fully saturated rings. The summed E-state index contributed by atoms with van der Waals surface area (Å²) in [7, 11) is 3.36. The van der Waals surface area contributed by atoms with E-state index < -0.39 is 0 Å². The molecular formula is C19H28O2. The molecule has 2 nitrogen and oxygen atoms in total. The molecule has 0 aliphatic carbocycles. The van der Waals surface area contributed by atoms with E-state index in [0.29, 0.717) is 0 Å². The van der Waals surface area contributed by atoms with Crippen LogP contribution in [0.15, 0.2) is 48.5 Å². The van der Waals surface area contributed by atoms with E-state index in [2.05, 4.69) is 24.3 Å². The molecule has 0 aliphatic rings. The number of hydrogen-bond donors (Lipinski definition) is 0. The van der Waals surface area contributed by atoms with Crippen LogP contribution in [0, 0.1) is 0 Å². The molecule has 0 saturated carbocycles. The van der Waals surface area contributed by atoms with Crippen molar-refractivity contribution in [1.82, 2.24) is 0 Å². The largest absolute Gasteiger partial charge is 0.497 e.